The number of nitrogens with one attached hydrogen (secondary N) is 1. The van der Waals surface area contributed by atoms with Gasteiger partial charge in [-0.1, -0.05) is 40.5 Å². The third kappa shape index (κ3) is 8.62. The van der Waals surface area contributed by atoms with Crippen LogP contribution in [0.4, 0.5) is 0 Å². The van der Waals surface area contributed by atoms with Crippen LogP contribution in [0, 0.1) is 5.41 Å². The number of hydrogen-bond donors (Lipinski definition) is 1. The van der Waals surface area contributed by atoms with Crippen LogP contribution in [0.15, 0.2) is 0 Å². The Balaban J connectivity index is 3.48. The lowest BCUT2D eigenvalue weighted by atomic mass is 9.87. The van der Waals surface area contributed by atoms with Crippen molar-refractivity contribution in [3.05, 3.63) is 0 Å². The highest BCUT2D eigenvalue weighted by Gasteiger charge is 2.23. The lowest BCUT2D eigenvalue weighted by Crippen LogP contribution is -2.39. The van der Waals surface area contributed by atoms with Crippen LogP contribution in [0.1, 0.15) is 60.3 Å². The minimum Gasteiger partial charge on any atom is -0.317 e. The third-order valence-electron chi connectivity index (χ3n) is 3.78. The molecule has 0 saturated heterocycles. The molecule has 0 rings (SSSR count). The van der Waals surface area contributed by atoms with Gasteiger partial charge >= 0.3 is 0 Å². The van der Waals surface area contributed by atoms with Gasteiger partial charge in [-0.15, -0.1) is 0 Å². The van der Waals surface area contributed by atoms with E-state index in [1.54, 1.807) is 0 Å². The first-order valence-electron chi connectivity index (χ1n) is 7.30. The van der Waals surface area contributed by atoms with E-state index in [4.69, 9.17) is 0 Å². The summed E-state index contributed by atoms with van der Waals surface area (Å²) in [4.78, 5) is 2.50. The van der Waals surface area contributed by atoms with Crippen LogP contribution in [-0.4, -0.2) is 37.6 Å². The molecule has 0 aliphatic heterocycles. The van der Waals surface area contributed by atoms with E-state index in [-0.39, 0.29) is 0 Å². The maximum Gasteiger partial charge on any atom is 0.0112 e. The van der Waals surface area contributed by atoms with Crippen molar-refractivity contribution < 1.29 is 0 Å². The smallest absolute Gasteiger partial charge is 0.0112 e. The largest absolute Gasteiger partial charge is 0.317 e. The predicted octanol–water partition coefficient (Wildman–Crippen LogP) is 3.52. The third-order valence-corrected chi connectivity index (χ3v) is 3.78. The predicted molar refractivity (Wildman–Crippen MR) is 78.6 cm³/mol. The Hall–Kier alpha value is -0.0800. The Bertz CT molecular complexity index is 172. The number of unbranched alkanes of at least 4 members (excludes halogenated alkanes) is 3. The Morgan fingerprint density at radius 1 is 1.06 bits per heavy atom. The van der Waals surface area contributed by atoms with E-state index in [1.807, 2.05) is 0 Å². The Labute approximate surface area is 109 Å². The molecule has 1 N–H and O–H groups in total. The fraction of sp³-hybridized carbons (Fsp3) is 1.00. The van der Waals surface area contributed by atoms with Crippen molar-refractivity contribution in [1.82, 2.24) is 10.2 Å². The Morgan fingerprint density at radius 3 is 2.18 bits per heavy atom. The molecule has 17 heavy (non-hydrogen) atoms. The van der Waals surface area contributed by atoms with Gasteiger partial charge < -0.3 is 10.2 Å². The topological polar surface area (TPSA) is 15.3 Å². The highest BCUT2D eigenvalue weighted by atomic mass is 15.1. The molecule has 2 nitrogen and oxygen atoms in total. The maximum atomic E-state index is 3.38. The van der Waals surface area contributed by atoms with Crippen molar-refractivity contribution in [2.75, 3.05) is 26.7 Å². The normalized spacial score (nSPS) is 14.3. The summed E-state index contributed by atoms with van der Waals surface area (Å²) in [5.41, 5.74) is 0.389. The second-order valence-electron chi connectivity index (χ2n) is 6.29. The standard InChI is InChI=1S/C15H34N2/c1-7-16-12-10-8-9-11-13-17(6)14(2)15(3,4)5/h14,16H,7-13H2,1-6H3. The van der Waals surface area contributed by atoms with Crippen LogP contribution < -0.4 is 5.32 Å². The molecule has 0 spiro atoms. The van der Waals surface area contributed by atoms with E-state index >= 15 is 0 Å². The molecule has 0 bridgehead atoms. The minimum absolute atomic E-state index is 0.389. The summed E-state index contributed by atoms with van der Waals surface area (Å²) in [5, 5.41) is 3.38. The van der Waals surface area contributed by atoms with Gasteiger partial charge in [-0.3, -0.25) is 0 Å². The number of rotatable bonds is 9. The van der Waals surface area contributed by atoms with E-state index in [9.17, 15) is 0 Å². The highest BCUT2D eigenvalue weighted by Crippen LogP contribution is 2.23. The van der Waals surface area contributed by atoms with Gasteiger partial charge in [0, 0.05) is 6.04 Å². The molecule has 0 radical (unpaired) electrons. The van der Waals surface area contributed by atoms with E-state index in [0.717, 1.165) is 6.54 Å². The average Bonchev–Trinajstić information content (AvgIpc) is 2.25. The monoisotopic (exact) mass is 242 g/mol. The number of hydrogen-bond acceptors (Lipinski definition) is 2. The van der Waals surface area contributed by atoms with Gasteiger partial charge in [-0.25, -0.2) is 0 Å². The zero-order valence-corrected chi connectivity index (χ0v) is 13.0. The molecular weight excluding hydrogens is 208 g/mol. The van der Waals surface area contributed by atoms with Gasteiger partial charge in [0.25, 0.3) is 0 Å². The summed E-state index contributed by atoms with van der Waals surface area (Å²) in [5.74, 6) is 0. The van der Waals surface area contributed by atoms with Gasteiger partial charge in [-0.05, 0) is 51.9 Å². The highest BCUT2D eigenvalue weighted by molar-refractivity contribution is 4.77. The quantitative estimate of drug-likeness (QED) is 0.622. The first-order chi connectivity index (χ1) is 7.89. The molecule has 1 atom stereocenters. The van der Waals surface area contributed by atoms with E-state index < -0.39 is 0 Å². The van der Waals surface area contributed by atoms with Gasteiger partial charge in [0.15, 0.2) is 0 Å². The van der Waals surface area contributed by atoms with E-state index in [0.29, 0.717) is 11.5 Å². The van der Waals surface area contributed by atoms with Crippen LogP contribution in [0.25, 0.3) is 0 Å². The average molecular weight is 242 g/mol. The zero-order chi connectivity index (χ0) is 13.3. The summed E-state index contributed by atoms with van der Waals surface area (Å²) >= 11 is 0. The molecule has 0 heterocycles. The maximum absolute atomic E-state index is 3.38. The zero-order valence-electron chi connectivity index (χ0n) is 13.0. The molecule has 0 aromatic carbocycles. The molecule has 104 valence electrons. The van der Waals surface area contributed by atoms with Gasteiger partial charge in [0.05, 0.1) is 0 Å². The lowest BCUT2D eigenvalue weighted by molar-refractivity contribution is 0.139. The van der Waals surface area contributed by atoms with Crippen LogP contribution in [0.5, 0.6) is 0 Å². The molecule has 0 aliphatic carbocycles. The van der Waals surface area contributed by atoms with E-state index in [1.165, 1.54) is 38.8 Å². The van der Waals surface area contributed by atoms with Crippen LogP contribution in [0.2, 0.25) is 0 Å². The summed E-state index contributed by atoms with van der Waals surface area (Å²) < 4.78 is 0. The van der Waals surface area contributed by atoms with Crippen molar-refractivity contribution in [2.45, 2.75) is 66.3 Å². The van der Waals surface area contributed by atoms with Gasteiger partial charge in [0.2, 0.25) is 0 Å². The summed E-state index contributed by atoms with van der Waals surface area (Å²) in [7, 11) is 2.26. The van der Waals surface area contributed by atoms with Crippen LogP contribution >= 0.6 is 0 Å². The molecular formula is C15H34N2. The second kappa shape index (κ2) is 8.93. The van der Waals surface area contributed by atoms with Crippen molar-refractivity contribution >= 4 is 0 Å². The van der Waals surface area contributed by atoms with Crippen molar-refractivity contribution in [3.8, 4) is 0 Å². The Morgan fingerprint density at radius 2 is 1.65 bits per heavy atom. The molecule has 1 unspecified atom stereocenters. The minimum atomic E-state index is 0.389. The van der Waals surface area contributed by atoms with Crippen LogP contribution in [-0.2, 0) is 0 Å². The van der Waals surface area contributed by atoms with Gasteiger partial charge in [-0.2, -0.15) is 0 Å². The van der Waals surface area contributed by atoms with Crippen LogP contribution in [0.3, 0.4) is 0 Å². The van der Waals surface area contributed by atoms with Crippen molar-refractivity contribution in [3.63, 3.8) is 0 Å². The fourth-order valence-corrected chi connectivity index (χ4v) is 2.00. The Kier molecular flexibility index (Phi) is 8.89. The molecule has 0 aliphatic rings. The summed E-state index contributed by atoms with van der Waals surface area (Å²) in [6.07, 6.45) is 5.40. The number of nitrogens with zero attached hydrogens (tertiary/aromatic N) is 1. The van der Waals surface area contributed by atoms with Crippen molar-refractivity contribution in [1.29, 1.82) is 0 Å². The lowest BCUT2D eigenvalue weighted by Gasteiger charge is -2.35. The van der Waals surface area contributed by atoms with Gasteiger partial charge in [0.1, 0.15) is 0 Å². The second-order valence-corrected chi connectivity index (χ2v) is 6.29. The molecule has 0 aromatic heterocycles. The first-order valence-corrected chi connectivity index (χ1v) is 7.30. The van der Waals surface area contributed by atoms with Crippen molar-refractivity contribution in [2.24, 2.45) is 5.41 Å². The molecule has 0 aromatic rings. The molecule has 0 fully saturated rings. The summed E-state index contributed by atoms with van der Waals surface area (Å²) in [6, 6.07) is 0.657. The molecule has 2 heteroatoms. The molecule has 0 saturated carbocycles. The molecule has 0 amide bonds. The SMILES string of the molecule is CCNCCCCCCN(C)C(C)C(C)(C)C. The summed E-state index contributed by atoms with van der Waals surface area (Å²) in [6.45, 7) is 15.0. The fourth-order valence-electron chi connectivity index (χ4n) is 2.00. The first kappa shape index (κ1) is 16.9. The van der Waals surface area contributed by atoms with E-state index in [2.05, 4.69) is 51.9 Å².